The molecule has 2 N–H and O–H groups in total. The molecule has 4 fully saturated rings. The molecule has 134 valence electrons. The Morgan fingerprint density at radius 1 is 1.12 bits per heavy atom. The van der Waals surface area contributed by atoms with Gasteiger partial charge >= 0.3 is 0 Å². The van der Waals surface area contributed by atoms with Crippen LogP contribution in [0.3, 0.4) is 0 Å². The van der Waals surface area contributed by atoms with Crippen molar-refractivity contribution in [2.75, 3.05) is 5.32 Å². The third-order valence-electron chi connectivity index (χ3n) is 6.20. The Balaban J connectivity index is 1.40. The van der Waals surface area contributed by atoms with Gasteiger partial charge in [-0.25, -0.2) is 0 Å². The number of carbonyl (C=O) groups is 2. The van der Waals surface area contributed by atoms with Crippen LogP contribution in [0.2, 0.25) is 0 Å². The summed E-state index contributed by atoms with van der Waals surface area (Å²) < 4.78 is 0.203. The number of anilines is 1. The molecule has 1 aromatic carbocycles. The van der Waals surface area contributed by atoms with Crippen molar-refractivity contribution in [1.82, 2.24) is 5.32 Å². The molecule has 2 unspecified atom stereocenters. The second-order valence-electron chi connectivity index (χ2n) is 8.45. The molecule has 0 aromatic heterocycles. The minimum Gasteiger partial charge on any atom is -0.352 e. The number of carbonyl (C=O) groups excluding carboxylic acids is 2. The summed E-state index contributed by atoms with van der Waals surface area (Å²) >= 11 is 3.97. The molecule has 1 aromatic rings. The molecule has 25 heavy (non-hydrogen) atoms. The Morgan fingerprint density at radius 3 is 2.32 bits per heavy atom. The van der Waals surface area contributed by atoms with Crippen LogP contribution in [0.4, 0.5) is 5.69 Å². The molecule has 0 heterocycles. The first-order chi connectivity index (χ1) is 11.9. The van der Waals surface area contributed by atoms with Gasteiger partial charge in [-0.15, -0.1) is 0 Å². The monoisotopic (exact) mass is 404 g/mol. The first kappa shape index (κ1) is 17.1. The Kier molecular flexibility index (Phi) is 4.18. The molecule has 4 saturated carbocycles. The maximum Gasteiger partial charge on any atom is 0.226 e. The average molecular weight is 405 g/mol. The van der Waals surface area contributed by atoms with Crippen molar-refractivity contribution in [3.63, 3.8) is 0 Å². The van der Waals surface area contributed by atoms with E-state index in [1.165, 1.54) is 26.2 Å². The standard InChI is InChI=1S/C20H25BrN2O2/c1-13(24)23-17-4-2-14(3-5-17)11-22-18(25)19-7-15-6-16(8-19)10-20(21,9-15)12-19/h2-5,15-16H,6-12H2,1H3,(H,22,25)(H,23,24). The van der Waals surface area contributed by atoms with Crippen molar-refractivity contribution < 1.29 is 9.59 Å². The van der Waals surface area contributed by atoms with Crippen LogP contribution < -0.4 is 10.6 Å². The minimum absolute atomic E-state index is 0.0772. The smallest absolute Gasteiger partial charge is 0.226 e. The van der Waals surface area contributed by atoms with Crippen molar-refractivity contribution >= 4 is 33.4 Å². The summed E-state index contributed by atoms with van der Waals surface area (Å²) in [5, 5.41) is 5.94. The van der Waals surface area contributed by atoms with Crippen LogP contribution in [0.15, 0.2) is 24.3 Å². The van der Waals surface area contributed by atoms with E-state index in [-0.39, 0.29) is 21.6 Å². The Hall–Kier alpha value is -1.36. The minimum atomic E-state index is -0.163. The predicted molar refractivity (Wildman–Crippen MR) is 101 cm³/mol. The van der Waals surface area contributed by atoms with Gasteiger partial charge in [-0.1, -0.05) is 28.1 Å². The van der Waals surface area contributed by atoms with Gasteiger partial charge in [0, 0.05) is 23.5 Å². The van der Waals surface area contributed by atoms with E-state index in [0.717, 1.165) is 30.5 Å². The fourth-order valence-electron chi connectivity index (χ4n) is 5.70. The topological polar surface area (TPSA) is 58.2 Å². The Morgan fingerprint density at radius 2 is 1.76 bits per heavy atom. The molecular weight excluding hydrogens is 380 g/mol. The van der Waals surface area contributed by atoms with Gasteiger partial charge in [-0.2, -0.15) is 0 Å². The SMILES string of the molecule is CC(=O)Nc1ccc(CNC(=O)C23CC4CC(CC(Br)(C4)C2)C3)cc1. The number of alkyl halides is 1. The van der Waals surface area contributed by atoms with Gasteiger partial charge in [0.25, 0.3) is 0 Å². The van der Waals surface area contributed by atoms with Crippen molar-refractivity contribution in [1.29, 1.82) is 0 Å². The molecule has 4 bridgehead atoms. The molecule has 2 amide bonds. The molecular formula is C20H25BrN2O2. The number of rotatable bonds is 4. The van der Waals surface area contributed by atoms with E-state index in [1.54, 1.807) is 0 Å². The first-order valence-corrected chi connectivity index (χ1v) is 9.99. The van der Waals surface area contributed by atoms with E-state index in [2.05, 4.69) is 26.6 Å². The van der Waals surface area contributed by atoms with Gasteiger partial charge in [0.05, 0.1) is 5.41 Å². The van der Waals surface area contributed by atoms with Crippen LogP contribution in [0, 0.1) is 17.3 Å². The number of benzene rings is 1. The van der Waals surface area contributed by atoms with Crippen molar-refractivity contribution in [3.05, 3.63) is 29.8 Å². The van der Waals surface area contributed by atoms with Gasteiger partial charge in [-0.3, -0.25) is 9.59 Å². The highest BCUT2D eigenvalue weighted by atomic mass is 79.9. The summed E-state index contributed by atoms with van der Waals surface area (Å²) in [6, 6.07) is 7.66. The summed E-state index contributed by atoms with van der Waals surface area (Å²) in [4.78, 5) is 24.1. The van der Waals surface area contributed by atoms with Crippen LogP contribution in [0.5, 0.6) is 0 Å². The number of hydrogen-bond acceptors (Lipinski definition) is 2. The van der Waals surface area contributed by atoms with E-state index in [0.29, 0.717) is 18.4 Å². The molecule has 0 saturated heterocycles. The zero-order valence-corrected chi connectivity index (χ0v) is 16.2. The predicted octanol–water partition coefficient (Wildman–Crippen LogP) is 4.00. The summed E-state index contributed by atoms with van der Waals surface area (Å²) in [6.45, 7) is 2.04. The summed E-state index contributed by atoms with van der Waals surface area (Å²) in [6.07, 6.45) is 6.90. The fourth-order valence-corrected chi connectivity index (χ4v) is 7.15. The van der Waals surface area contributed by atoms with Crippen molar-refractivity contribution in [2.24, 2.45) is 17.3 Å². The molecule has 0 radical (unpaired) electrons. The lowest BCUT2D eigenvalue weighted by Crippen LogP contribution is -2.58. The normalized spacial score (nSPS) is 35.4. The summed E-state index contributed by atoms with van der Waals surface area (Å²) in [7, 11) is 0. The Labute approximate surface area is 157 Å². The highest BCUT2D eigenvalue weighted by Gasteiger charge is 2.59. The van der Waals surface area contributed by atoms with Gasteiger partial charge in [-0.05, 0) is 68.1 Å². The van der Waals surface area contributed by atoms with Crippen LogP contribution in [-0.4, -0.2) is 16.1 Å². The largest absolute Gasteiger partial charge is 0.352 e. The zero-order chi connectivity index (χ0) is 17.7. The van der Waals surface area contributed by atoms with E-state index < -0.39 is 0 Å². The molecule has 4 aliphatic rings. The van der Waals surface area contributed by atoms with E-state index in [9.17, 15) is 9.59 Å². The molecule has 4 aliphatic carbocycles. The highest BCUT2D eigenvalue weighted by molar-refractivity contribution is 9.10. The quantitative estimate of drug-likeness (QED) is 0.745. The van der Waals surface area contributed by atoms with Gasteiger partial charge in [0.2, 0.25) is 11.8 Å². The van der Waals surface area contributed by atoms with Gasteiger partial charge in [0.15, 0.2) is 0 Å². The number of halogens is 1. The maximum absolute atomic E-state index is 13.0. The molecule has 4 nitrogen and oxygen atoms in total. The van der Waals surface area contributed by atoms with E-state index in [1.807, 2.05) is 24.3 Å². The fraction of sp³-hybridized carbons (Fsp3) is 0.600. The van der Waals surface area contributed by atoms with Gasteiger partial charge < -0.3 is 10.6 Å². The van der Waals surface area contributed by atoms with Crippen LogP contribution >= 0.6 is 15.9 Å². The molecule has 2 atom stereocenters. The van der Waals surface area contributed by atoms with Crippen molar-refractivity contribution in [3.8, 4) is 0 Å². The van der Waals surface area contributed by atoms with Crippen LogP contribution in [-0.2, 0) is 16.1 Å². The summed E-state index contributed by atoms with van der Waals surface area (Å²) in [5.41, 5.74) is 1.68. The number of nitrogens with one attached hydrogen (secondary N) is 2. The van der Waals surface area contributed by atoms with Crippen LogP contribution in [0.1, 0.15) is 51.0 Å². The highest BCUT2D eigenvalue weighted by Crippen LogP contribution is 2.64. The number of hydrogen-bond donors (Lipinski definition) is 2. The molecule has 0 spiro atoms. The molecule has 5 rings (SSSR count). The third-order valence-corrected chi connectivity index (χ3v) is 7.13. The lowest BCUT2D eigenvalue weighted by Gasteiger charge is -2.59. The lowest BCUT2D eigenvalue weighted by atomic mass is 9.49. The molecule has 0 aliphatic heterocycles. The number of amides is 2. The molecule has 5 heteroatoms. The zero-order valence-electron chi connectivity index (χ0n) is 14.6. The second-order valence-corrected chi connectivity index (χ2v) is 10.1. The third kappa shape index (κ3) is 3.35. The van der Waals surface area contributed by atoms with E-state index in [4.69, 9.17) is 0 Å². The Bertz CT molecular complexity index is 686. The maximum atomic E-state index is 13.0. The van der Waals surface area contributed by atoms with Gasteiger partial charge in [0.1, 0.15) is 0 Å². The summed E-state index contributed by atoms with van der Waals surface area (Å²) in [5.74, 6) is 1.58. The second kappa shape index (κ2) is 6.11. The first-order valence-electron chi connectivity index (χ1n) is 9.20. The lowest BCUT2D eigenvalue weighted by molar-refractivity contribution is -0.144. The average Bonchev–Trinajstić information content (AvgIpc) is 2.51. The van der Waals surface area contributed by atoms with Crippen LogP contribution in [0.25, 0.3) is 0 Å². The van der Waals surface area contributed by atoms with Crippen molar-refractivity contribution in [2.45, 2.75) is 56.3 Å². The van der Waals surface area contributed by atoms with E-state index >= 15 is 0 Å².